The number of esters is 1. The highest BCUT2D eigenvalue weighted by atomic mass is 16.5. The molecule has 5 heteroatoms. The molecule has 4 aromatic rings. The molecular formula is C22H19N3O2. The van der Waals surface area contributed by atoms with Gasteiger partial charge in [-0.05, 0) is 17.7 Å². The van der Waals surface area contributed by atoms with Crippen LogP contribution in [0.3, 0.4) is 0 Å². The molecule has 0 bridgehead atoms. The molecule has 5 nitrogen and oxygen atoms in total. The van der Waals surface area contributed by atoms with Crippen molar-refractivity contribution in [2.75, 3.05) is 7.11 Å². The summed E-state index contributed by atoms with van der Waals surface area (Å²) < 4.78 is 7.23. The number of carbonyl (C=O) groups is 1. The monoisotopic (exact) mass is 357 g/mol. The predicted molar refractivity (Wildman–Crippen MR) is 104 cm³/mol. The standard InChI is InChI=1S/C22H19N3O2/c1-27-22(26)18-11-17-16-9-5-6-10-20(16)25-14-24(13-19(23-18)21(17)25)12-15-7-3-2-4-8-15/h2-11H,12-14H2,1H3. The number of nitrogens with zero attached hydrogens (tertiary/aromatic N) is 3. The molecule has 0 N–H and O–H groups in total. The maximum Gasteiger partial charge on any atom is 0.356 e. The van der Waals surface area contributed by atoms with E-state index < -0.39 is 5.97 Å². The maximum absolute atomic E-state index is 12.2. The summed E-state index contributed by atoms with van der Waals surface area (Å²) in [5.74, 6) is -0.398. The molecule has 2 aromatic carbocycles. The van der Waals surface area contributed by atoms with Gasteiger partial charge >= 0.3 is 5.97 Å². The minimum absolute atomic E-state index is 0.365. The van der Waals surface area contributed by atoms with Crippen LogP contribution in [0.2, 0.25) is 0 Å². The zero-order chi connectivity index (χ0) is 18.4. The van der Waals surface area contributed by atoms with Crippen molar-refractivity contribution in [2.45, 2.75) is 19.8 Å². The Morgan fingerprint density at radius 2 is 1.85 bits per heavy atom. The average molecular weight is 357 g/mol. The van der Waals surface area contributed by atoms with E-state index in [4.69, 9.17) is 4.74 Å². The molecule has 2 aromatic heterocycles. The molecule has 1 aliphatic rings. The highest BCUT2D eigenvalue weighted by Gasteiger charge is 2.25. The predicted octanol–water partition coefficient (Wildman–Crippen LogP) is 3.95. The molecule has 0 radical (unpaired) electrons. The summed E-state index contributed by atoms with van der Waals surface area (Å²) in [7, 11) is 1.39. The summed E-state index contributed by atoms with van der Waals surface area (Å²) >= 11 is 0. The Kier molecular flexibility index (Phi) is 3.69. The van der Waals surface area contributed by atoms with E-state index in [1.165, 1.54) is 12.7 Å². The number of pyridine rings is 1. The first-order chi connectivity index (χ1) is 13.2. The zero-order valence-electron chi connectivity index (χ0n) is 15.1. The molecule has 3 heterocycles. The third kappa shape index (κ3) is 2.59. The number of hydrogen-bond donors (Lipinski definition) is 0. The van der Waals surface area contributed by atoms with E-state index in [0.717, 1.165) is 40.7 Å². The van der Waals surface area contributed by atoms with Crippen molar-refractivity contribution in [3.05, 3.63) is 77.6 Å². The molecular weight excluding hydrogens is 338 g/mol. The van der Waals surface area contributed by atoms with Crippen molar-refractivity contribution in [2.24, 2.45) is 0 Å². The smallest absolute Gasteiger partial charge is 0.356 e. The van der Waals surface area contributed by atoms with Crippen LogP contribution in [0.4, 0.5) is 0 Å². The Balaban J connectivity index is 1.68. The topological polar surface area (TPSA) is 47.4 Å². The molecule has 27 heavy (non-hydrogen) atoms. The lowest BCUT2D eigenvalue weighted by molar-refractivity contribution is 0.0593. The van der Waals surface area contributed by atoms with E-state index >= 15 is 0 Å². The summed E-state index contributed by atoms with van der Waals surface area (Å²) in [5, 5.41) is 2.21. The number of hydrogen-bond acceptors (Lipinski definition) is 4. The van der Waals surface area contributed by atoms with Gasteiger partial charge in [-0.3, -0.25) is 4.90 Å². The Bertz CT molecular complexity index is 1160. The van der Waals surface area contributed by atoms with Crippen LogP contribution in [-0.4, -0.2) is 27.5 Å². The minimum atomic E-state index is -0.398. The van der Waals surface area contributed by atoms with Gasteiger partial charge in [0.05, 0.1) is 30.5 Å². The Hall–Kier alpha value is -3.18. The van der Waals surface area contributed by atoms with Crippen molar-refractivity contribution >= 4 is 27.8 Å². The van der Waals surface area contributed by atoms with Crippen LogP contribution >= 0.6 is 0 Å². The van der Waals surface area contributed by atoms with Crippen LogP contribution < -0.4 is 0 Å². The number of methoxy groups -OCH3 is 1. The molecule has 0 atom stereocenters. The van der Waals surface area contributed by atoms with Gasteiger partial charge in [-0.1, -0.05) is 48.5 Å². The number of carbonyl (C=O) groups excluding carboxylic acids is 1. The molecule has 134 valence electrons. The zero-order valence-corrected chi connectivity index (χ0v) is 15.1. The normalized spacial score (nSPS) is 14.0. The third-order valence-corrected chi connectivity index (χ3v) is 5.18. The van der Waals surface area contributed by atoms with Crippen LogP contribution in [-0.2, 0) is 24.5 Å². The van der Waals surface area contributed by atoms with Gasteiger partial charge in [-0.15, -0.1) is 0 Å². The quantitative estimate of drug-likeness (QED) is 0.521. The maximum atomic E-state index is 12.2. The van der Waals surface area contributed by atoms with Crippen LogP contribution in [0.15, 0.2) is 60.7 Å². The fourth-order valence-corrected chi connectivity index (χ4v) is 4.03. The van der Waals surface area contributed by atoms with Crippen LogP contribution in [0, 0.1) is 0 Å². The first-order valence-electron chi connectivity index (χ1n) is 9.00. The highest BCUT2D eigenvalue weighted by molar-refractivity contribution is 6.10. The van der Waals surface area contributed by atoms with E-state index in [-0.39, 0.29) is 0 Å². The van der Waals surface area contributed by atoms with Crippen LogP contribution in [0.5, 0.6) is 0 Å². The summed E-state index contributed by atoms with van der Waals surface area (Å²) in [6.45, 7) is 2.33. The van der Waals surface area contributed by atoms with Crippen molar-refractivity contribution in [3.8, 4) is 0 Å². The molecule has 0 saturated heterocycles. The van der Waals surface area contributed by atoms with Gasteiger partial charge in [0.15, 0.2) is 0 Å². The fourth-order valence-electron chi connectivity index (χ4n) is 4.03. The Morgan fingerprint density at radius 1 is 1.07 bits per heavy atom. The molecule has 0 spiro atoms. The van der Waals surface area contributed by atoms with E-state index in [1.807, 2.05) is 18.2 Å². The molecule has 1 aliphatic heterocycles. The number of ether oxygens (including phenoxy) is 1. The highest BCUT2D eigenvalue weighted by Crippen LogP contribution is 2.35. The van der Waals surface area contributed by atoms with E-state index in [0.29, 0.717) is 12.2 Å². The molecule has 5 rings (SSSR count). The summed E-state index contributed by atoms with van der Waals surface area (Å²) in [6, 6.07) is 20.6. The van der Waals surface area contributed by atoms with Gasteiger partial charge < -0.3 is 9.30 Å². The van der Waals surface area contributed by atoms with E-state index in [9.17, 15) is 4.79 Å². The van der Waals surface area contributed by atoms with Crippen LogP contribution in [0.25, 0.3) is 21.8 Å². The summed E-state index contributed by atoms with van der Waals surface area (Å²) in [5.41, 5.74) is 4.83. The van der Waals surface area contributed by atoms with Crippen molar-refractivity contribution in [1.29, 1.82) is 0 Å². The van der Waals surface area contributed by atoms with E-state index in [2.05, 4.69) is 56.9 Å². The lowest BCUT2D eigenvalue weighted by atomic mass is 10.1. The summed E-state index contributed by atoms with van der Waals surface area (Å²) in [4.78, 5) is 19.2. The number of aromatic nitrogens is 2. The van der Waals surface area contributed by atoms with Gasteiger partial charge in [0.1, 0.15) is 5.69 Å². The van der Waals surface area contributed by atoms with Gasteiger partial charge in [0.2, 0.25) is 0 Å². The average Bonchev–Trinajstić information content (AvgIpc) is 3.03. The fraction of sp³-hybridized carbons (Fsp3) is 0.182. The van der Waals surface area contributed by atoms with E-state index in [1.54, 1.807) is 0 Å². The van der Waals surface area contributed by atoms with Gasteiger partial charge in [-0.2, -0.15) is 0 Å². The first-order valence-corrected chi connectivity index (χ1v) is 9.00. The van der Waals surface area contributed by atoms with Crippen molar-refractivity contribution in [1.82, 2.24) is 14.5 Å². The number of fused-ring (bicyclic) bond motifs is 3. The minimum Gasteiger partial charge on any atom is -0.464 e. The van der Waals surface area contributed by atoms with Gasteiger partial charge in [-0.25, -0.2) is 9.78 Å². The third-order valence-electron chi connectivity index (χ3n) is 5.18. The Morgan fingerprint density at radius 3 is 2.67 bits per heavy atom. The lowest BCUT2D eigenvalue weighted by Gasteiger charge is -2.28. The Labute approximate surface area is 156 Å². The second kappa shape index (κ2) is 6.21. The van der Waals surface area contributed by atoms with Gasteiger partial charge in [0, 0.05) is 23.9 Å². The van der Waals surface area contributed by atoms with Crippen LogP contribution in [0.1, 0.15) is 21.7 Å². The molecule has 0 unspecified atom stereocenters. The number of para-hydroxylation sites is 1. The SMILES string of the molecule is COC(=O)c1cc2c3ccccc3n3c2c(n1)CN(Cc1ccccc1)C3. The largest absolute Gasteiger partial charge is 0.464 e. The molecule has 0 fully saturated rings. The lowest BCUT2D eigenvalue weighted by Crippen LogP contribution is -2.30. The van der Waals surface area contributed by atoms with Crippen molar-refractivity contribution in [3.63, 3.8) is 0 Å². The molecule has 0 saturated carbocycles. The van der Waals surface area contributed by atoms with Gasteiger partial charge in [0.25, 0.3) is 0 Å². The number of rotatable bonds is 3. The second-order valence-corrected chi connectivity index (χ2v) is 6.90. The second-order valence-electron chi connectivity index (χ2n) is 6.90. The first kappa shape index (κ1) is 16.0. The summed E-state index contributed by atoms with van der Waals surface area (Å²) in [6.07, 6.45) is 0. The molecule has 0 aliphatic carbocycles. The molecule has 0 amide bonds. The number of benzene rings is 2. The van der Waals surface area contributed by atoms with Crippen molar-refractivity contribution < 1.29 is 9.53 Å².